The molecule has 0 spiro atoms. The number of alkyl halides is 1. The molecular weight excluding hydrogens is 274 g/mol. The quantitative estimate of drug-likeness (QED) is 0.663. The summed E-state index contributed by atoms with van der Waals surface area (Å²) >= 11 is 4.98. The van der Waals surface area contributed by atoms with E-state index < -0.39 is 0 Å². The van der Waals surface area contributed by atoms with Gasteiger partial charge in [-0.2, -0.15) is 0 Å². The van der Waals surface area contributed by atoms with Gasteiger partial charge in [-0.25, -0.2) is 0 Å². The van der Waals surface area contributed by atoms with Crippen molar-refractivity contribution in [3.05, 3.63) is 24.3 Å². The number of hydrogen-bond acceptors (Lipinski definition) is 2. The Labute approximate surface area is 103 Å². The number of hydrogen-bond donors (Lipinski definition) is 1. The lowest BCUT2D eigenvalue weighted by Gasteiger charge is -2.09. The first-order valence-corrected chi connectivity index (χ1v) is 6.96. The molecular formula is C11H14BrNOS. The highest BCUT2D eigenvalue weighted by molar-refractivity contribution is 9.09. The average molecular weight is 288 g/mol. The summed E-state index contributed by atoms with van der Waals surface area (Å²) in [7, 11) is 0. The Morgan fingerprint density at radius 2 is 2.20 bits per heavy atom. The van der Waals surface area contributed by atoms with Crippen molar-refractivity contribution >= 4 is 39.3 Å². The number of thioether (sulfide) groups is 1. The number of nitrogens with one attached hydrogen (secondary N) is 1. The van der Waals surface area contributed by atoms with E-state index in [1.165, 1.54) is 0 Å². The molecule has 0 aromatic heterocycles. The highest BCUT2D eigenvalue weighted by atomic mass is 79.9. The van der Waals surface area contributed by atoms with E-state index in [-0.39, 0.29) is 5.91 Å². The fourth-order valence-electron chi connectivity index (χ4n) is 1.15. The minimum atomic E-state index is 0.0519. The molecule has 1 N–H and O–H groups in total. The fraction of sp³-hybridized carbons (Fsp3) is 0.364. The number of anilines is 1. The molecule has 0 aliphatic carbocycles. The zero-order valence-corrected chi connectivity index (χ0v) is 11.0. The lowest BCUT2D eigenvalue weighted by atomic mass is 10.3. The molecule has 0 heterocycles. The molecule has 82 valence electrons. The van der Waals surface area contributed by atoms with Gasteiger partial charge in [0.15, 0.2) is 0 Å². The summed E-state index contributed by atoms with van der Waals surface area (Å²) in [5.41, 5.74) is 0.912. The zero-order chi connectivity index (χ0) is 11.1. The van der Waals surface area contributed by atoms with Crippen LogP contribution in [0.1, 0.15) is 13.3 Å². The molecule has 0 fully saturated rings. The maximum Gasteiger partial charge on any atom is 0.225 e. The summed E-state index contributed by atoms with van der Waals surface area (Å²) in [5, 5.41) is 3.60. The van der Waals surface area contributed by atoms with Crippen molar-refractivity contribution in [2.75, 3.05) is 16.4 Å². The van der Waals surface area contributed by atoms with Crippen LogP contribution in [0.5, 0.6) is 0 Å². The third kappa shape index (κ3) is 4.26. The van der Waals surface area contributed by atoms with Crippen LogP contribution in [0.15, 0.2) is 29.2 Å². The molecule has 0 saturated heterocycles. The van der Waals surface area contributed by atoms with Crippen LogP contribution < -0.4 is 5.32 Å². The Hall–Kier alpha value is -0.480. The molecule has 1 rings (SSSR count). The molecule has 2 nitrogen and oxygen atoms in total. The predicted octanol–water partition coefficient (Wildman–Crippen LogP) is 3.52. The highest BCUT2D eigenvalue weighted by Crippen LogP contribution is 2.26. The highest BCUT2D eigenvalue weighted by Gasteiger charge is 2.05. The molecule has 0 aliphatic rings. The minimum Gasteiger partial charge on any atom is -0.325 e. The van der Waals surface area contributed by atoms with Gasteiger partial charge in [-0.3, -0.25) is 4.79 Å². The maximum atomic E-state index is 11.4. The van der Waals surface area contributed by atoms with Crippen LogP contribution in [0.25, 0.3) is 0 Å². The van der Waals surface area contributed by atoms with Gasteiger partial charge in [0.05, 0.1) is 5.69 Å². The summed E-state index contributed by atoms with van der Waals surface area (Å²) in [6.07, 6.45) is 0.505. The van der Waals surface area contributed by atoms with Crippen LogP contribution in [-0.2, 0) is 4.79 Å². The standard InChI is InChI=1S/C11H14BrNOS/c1-2-15-10-6-4-3-5-9(10)13-11(14)7-8-12/h3-6H,2,7-8H2,1H3,(H,13,14). The Bertz CT molecular complexity index is 330. The second-order valence-electron chi connectivity index (χ2n) is 2.92. The van der Waals surface area contributed by atoms with Gasteiger partial charge in [-0.1, -0.05) is 35.0 Å². The molecule has 1 aromatic carbocycles. The topological polar surface area (TPSA) is 29.1 Å². The molecule has 4 heteroatoms. The smallest absolute Gasteiger partial charge is 0.225 e. The van der Waals surface area contributed by atoms with Gasteiger partial charge in [0.25, 0.3) is 0 Å². The number of amides is 1. The molecule has 0 aliphatic heterocycles. The number of para-hydroxylation sites is 1. The molecule has 15 heavy (non-hydrogen) atoms. The van der Waals surface area contributed by atoms with Gasteiger partial charge in [-0.05, 0) is 17.9 Å². The molecule has 1 aromatic rings. The lowest BCUT2D eigenvalue weighted by Crippen LogP contribution is -2.12. The van der Waals surface area contributed by atoms with Crippen LogP contribution in [0.2, 0.25) is 0 Å². The van der Waals surface area contributed by atoms with E-state index in [1.54, 1.807) is 11.8 Å². The molecule has 1 amide bonds. The monoisotopic (exact) mass is 287 g/mol. The summed E-state index contributed by atoms with van der Waals surface area (Å²) in [5.74, 6) is 1.06. The van der Waals surface area contributed by atoms with Crippen molar-refractivity contribution in [3.8, 4) is 0 Å². The van der Waals surface area contributed by atoms with Crippen LogP contribution in [0.3, 0.4) is 0 Å². The van der Waals surface area contributed by atoms with Crippen molar-refractivity contribution in [2.24, 2.45) is 0 Å². The van der Waals surface area contributed by atoms with Crippen LogP contribution in [0, 0.1) is 0 Å². The first kappa shape index (κ1) is 12.6. The van der Waals surface area contributed by atoms with Crippen molar-refractivity contribution in [1.82, 2.24) is 0 Å². The molecule has 0 atom stereocenters. The van der Waals surface area contributed by atoms with E-state index in [0.717, 1.165) is 16.3 Å². The number of carbonyl (C=O) groups is 1. The molecule has 0 saturated carbocycles. The van der Waals surface area contributed by atoms with Gasteiger partial charge in [0, 0.05) is 16.6 Å². The van der Waals surface area contributed by atoms with Crippen LogP contribution in [0.4, 0.5) is 5.69 Å². The fourth-order valence-corrected chi connectivity index (χ4v) is 2.27. The van der Waals surface area contributed by atoms with E-state index in [4.69, 9.17) is 0 Å². The predicted molar refractivity (Wildman–Crippen MR) is 69.9 cm³/mol. The summed E-state index contributed by atoms with van der Waals surface area (Å²) in [6.45, 7) is 2.10. The first-order valence-electron chi connectivity index (χ1n) is 4.85. The number of benzene rings is 1. The van der Waals surface area contributed by atoms with Gasteiger partial charge >= 0.3 is 0 Å². The van der Waals surface area contributed by atoms with Crippen LogP contribution in [-0.4, -0.2) is 17.0 Å². The second kappa shape index (κ2) is 6.90. The minimum absolute atomic E-state index is 0.0519. The van der Waals surface area contributed by atoms with Crippen molar-refractivity contribution in [3.63, 3.8) is 0 Å². The van der Waals surface area contributed by atoms with Crippen LogP contribution >= 0.6 is 27.7 Å². The number of rotatable bonds is 5. The third-order valence-corrected chi connectivity index (χ3v) is 3.13. The third-order valence-electron chi connectivity index (χ3n) is 1.78. The molecule has 0 radical (unpaired) electrons. The number of halogens is 1. The molecule has 0 bridgehead atoms. The lowest BCUT2D eigenvalue weighted by molar-refractivity contribution is -0.115. The zero-order valence-electron chi connectivity index (χ0n) is 8.63. The van der Waals surface area contributed by atoms with Gasteiger partial charge in [0.2, 0.25) is 5.91 Å². The normalized spacial score (nSPS) is 10.0. The Kier molecular flexibility index (Phi) is 5.79. The van der Waals surface area contributed by atoms with E-state index in [9.17, 15) is 4.79 Å². The maximum absolute atomic E-state index is 11.4. The Morgan fingerprint density at radius 3 is 2.87 bits per heavy atom. The largest absolute Gasteiger partial charge is 0.325 e. The first-order chi connectivity index (χ1) is 7.27. The average Bonchev–Trinajstić information content (AvgIpc) is 2.21. The van der Waals surface area contributed by atoms with E-state index in [2.05, 4.69) is 28.2 Å². The van der Waals surface area contributed by atoms with Gasteiger partial charge in [-0.15, -0.1) is 11.8 Å². The summed E-state index contributed by atoms with van der Waals surface area (Å²) in [6, 6.07) is 7.88. The van der Waals surface area contributed by atoms with Crippen molar-refractivity contribution in [1.29, 1.82) is 0 Å². The van der Waals surface area contributed by atoms with Crippen molar-refractivity contribution < 1.29 is 4.79 Å². The van der Waals surface area contributed by atoms with E-state index in [1.807, 2.05) is 24.3 Å². The number of carbonyl (C=O) groups excluding carboxylic acids is 1. The summed E-state index contributed by atoms with van der Waals surface area (Å²) in [4.78, 5) is 12.5. The van der Waals surface area contributed by atoms with Crippen molar-refractivity contribution in [2.45, 2.75) is 18.2 Å². The second-order valence-corrected chi connectivity index (χ2v) is 5.02. The Morgan fingerprint density at radius 1 is 1.47 bits per heavy atom. The SMILES string of the molecule is CCSc1ccccc1NC(=O)CCBr. The van der Waals surface area contributed by atoms with E-state index in [0.29, 0.717) is 11.8 Å². The van der Waals surface area contributed by atoms with Gasteiger partial charge < -0.3 is 5.32 Å². The molecule has 0 unspecified atom stereocenters. The summed E-state index contributed by atoms with van der Waals surface area (Å²) < 4.78 is 0. The Balaban J connectivity index is 2.70. The van der Waals surface area contributed by atoms with Gasteiger partial charge in [0.1, 0.15) is 0 Å². The van der Waals surface area contributed by atoms with E-state index >= 15 is 0 Å².